The lowest BCUT2D eigenvalue weighted by atomic mass is 10.3. The second-order valence-electron chi connectivity index (χ2n) is 2.71. The van der Waals surface area contributed by atoms with E-state index in [1.165, 1.54) is 0 Å². The fraction of sp³-hybridized carbons (Fsp3) is 0. The van der Waals surface area contributed by atoms with Gasteiger partial charge in [0.1, 0.15) is 5.01 Å². The molecule has 0 atom stereocenters. The highest BCUT2D eigenvalue weighted by atomic mass is 32.1. The lowest BCUT2D eigenvalue weighted by Crippen LogP contribution is -1.91. The largest absolute Gasteiger partial charge is 0.492 e. The van der Waals surface area contributed by atoms with Crippen molar-refractivity contribution in [2.45, 2.75) is 0 Å². The molecule has 0 aliphatic heterocycles. The summed E-state index contributed by atoms with van der Waals surface area (Å²) in [5.41, 5.74) is 0.734. The average molecular weight is 222 g/mol. The molecular weight excluding hydrogens is 216 g/mol. The number of aromatic nitrogens is 2. The van der Waals surface area contributed by atoms with E-state index in [1.54, 1.807) is 24.5 Å². The number of carbonyl (C=O) groups is 1. The van der Waals surface area contributed by atoms with E-state index < -0.39 is 11.8 Å². The molecule has 0 unspecified atom stereocenters. The number of aromatic hydroxyl groups is 1. The predicted molar refractivity (Wildman–Crippen MR) is 54.0 cm³/mol. The summed E-state index contributed by atoms with van der Waals surface area (Å²) >= 11 is 0.932. The zero-order valence-corrected chi connectivity index (χ0v) is 8.23. The van der Waals surface area contributed by atoms with E-state index in [2.05, 4.69) is 9.97 Å². The van der Waals surface area contributed by atoms with Crippen molar-refractivity contribution in [1.82, 2.24) is 9.97 Å². The highest BCUT2D eigenvalue weighted by molar-refractivity contribution is 7.17. The van der Waals surface area contributed by atoms with Crippen molar-refractivity contribution in [3.05, 3.63) is 29.4 Å². The van der Waals surface area contributed by atoms with Crippen molar-refractivity contribution < 1.29 is 15.0 Å². The molecule has 0 fully saturated rings. The van der Waals surface area contributed by atoms with E-state index >= 15 is 0 Å². The first-order valence-corrected chi connectivity index (χ1v) is 4.83. The van der Waals surface area contributed by atoms with Gasteiger partial charge in [-0.05, 0) is 12.1 Å². The summed E-state index contributed by atoms with van der Waals surface area (Å²) in [5.74, 6) is -1.62. The van der Waals surface area contributed by atoms with E-state index in [4.69, 9.17) is 5.11 Å². The Bertz CT molecular complexity index is 495. The van der Waals surface area contributed by atoms with Crippen LogP contribution < -0.4 is 0 Å². The summed E-state index contributed by atoms with van der Waals surface area (Å²) in [4.78, 5) is 18.1. The summed E-state index contributed by atoms with van der Waals surface area (Å²) in [7, 11) is 0. The number of hydrogen-bond donors (Lipinski definition) is 2. The van der Waals surface area contributed by atoms with E-state index in [0.717, 1.165) is 16.9 Å². The molecule has 76 valence electrons. The van der Waals surface area contributed by atoms with Gasteiger partial charge in [0, 0.05) is 18.0 Å². The predicted octanol–water partition coefficient (Wildman–Crippen LogP) is 1.61. The van der Waals surface area contributed by atoms with Crippen LogP contribution in [-0.4, -0.2) is 26.2 Å². The van der Waals surface area contributed by atoms with Crippen molar-refractivity contribution >= 4 is 17.3 Å². The van der Waals surface area contributed by atoms with Crippen molar-refractivity contribution in [2.75, 3.05) is 0 Å². The van der Waals surface area contributed by atoms with E-state index in [0.29, 0.717) is 5.01 Å². The van der Waals surface area contributed by atoms with Gasteiger partial charge >= 0.3 is 5.97 Å². The van der Waals surface area contributed by atoms with Gasteiger partial charge in [-0.2, -0.15) is 0 Å². The molecule has 0 amide bonds. The smallest absolute Gasteiger partial charge is 0.351 e. The molecule has 5 nitrogen and oxygen atoms in total. The number of pyridine rings is 1. The molecule has 0 spiro atoms. The number of rotatable bonds is 2. The van der Waals surface area contributed by atoms with Crippen LogP contribution in [0.3, 0.4) is 0 Å². The highest BCUT2D eigenvalue weighted by Crippen LogP contribution is 2.31. The Kier molecular flexibility index (Phi) is 2.34. The Morgan fingerprint density at radius 3 is 2.53 bits per heavy atom. The van der Waals surface area contributed by atoms with Crippen LogP contribution in [0.4, 0.5) is 0 Å². The van der Waals surface area contributed by atoms with E-state index in [1.807, 2.05) is 0 Å². The Hall–Kier alpha value is -1.95. The minimum absolute atomic E-state index is 0.151. The summed E-state index contributed by atoms with van der Waals surface area (Å²) in [6, 6.07) is 3.40. The fourth-order valence-corrected chi connectivity index (χ4v) is 1.87. The molecule has 2 aromatic rings. The standard InChI is InChI=1S/C9H6N2O3S/c12-7-6(9(13)14)15-8(11-7)5-1-3-10-4-2-5/h1-4,12H,(H,13,14). The van der Waals surface area contributed by atoms with Gasteiger partial charge in [-0.1, -0.05) is 0 Å². The van der Waals surface area contributed by atoms with Crippen LogP contribution in [0.15, 0.2) is 24.5 Å². The molecule has 2 rings (SSSR count). The molecule has 0 saturated carbocycles. The first-order valence-electron chi connectivity index (χ1n) is 4.02. The van der Waals surface area contributed by atoms with Gasteiger partial charge in [-0.3, -0.25) is 4.98 Å². The van der Waals surface area contributed by atoms with E-state index in [-0.39, 0.29) is 4.88 Å². The second kappa shape index (κ2) is 3.66. The molecule has 6 heteroatoms. The monoisotopic (exact) mass is 222 g/mol. The van der Waals surface area contributed by atoms with Gasteiger partial charge < -0.3 is 10.2 Å². The first kappa shape index (κ1) is 9.60. The zero-order chi connectivity index (χ0) is 10.8. The number of nitrogens with zero attached hydrogens (tertiary/aromatic N) is 2. The molecule has 15 heavy (non-hydrogen) atoms. The summed E-state index contributed by atoms with van der Waals surface area (Å²) in [6.45, 7) is 0. The Balaban J connectivity index is 2.48. The van der Waals surface area contributed by atoms with Crippen molar-refractivity contribution in [2.24, 2.45) is 0 Å². The van der Waals surface area contributed by atoms with Crippen LogP contribution in [-0.2, 0) is 0 Å². The Labute approximate surface area is 88.7 Å². The average Bonchev–Trinajstić information content (AvgIpc) is 2.62. The zero-order valence-electron chi connectivity index (χ0n) is 7.41. The first-order chi connectivity index (χ1) is 7.18. The minimum atomic E-state index is -1.18. The Morgan fingerprint density at radius 2 is 2.00 bits per heavy atom. The van der Waals surface area contributed by atoms with Gasteiger partial charge in [0.2, 0.25) is 5.88 Å². The fourth-order valence-electron chi connectivity index (χ4n) is 1.07. The number of carboxylic acids is 1. The van der Waals surface area contributed by atoms with Crippen LogP contribution in [0.5, 0.6) is 5.88 Å². The molecule has 0 aromatic carbocycles. The van der Waals surface area contributed by atoms with Crippen molar-refractivity contribution in [1.29, 1.82) is 0 Å². The van der Waals surface area contributed by atoms with Gasteiger partial charge in [0.15, 0.2) is 4.88 Å². The third kappa shape index (κ3) is 1.79. The molecule has 0 saturated heterocycles. The maximum Gasteiger partial charge on any atom is 0.351 e. The van der Waals surface area contributed by atoms with Crippen molar-refractivity contribution in [3.63, 3.8) is 0 Å². The lowest BCUT2D eigenvalue weighted by molar-refractivity contribution is 0.0699. The molecule has 2 heterocycles. The third-order valence-electron chi connectivity index (χ3n) is 1.73. The molecule has 2 aromatic heterocycles. The highest BCUT2D eigenvalue weighted by Gasteiger charge is 2.17. The van der Waals surface area contributed by atoms with Crippen LogP contribution in [0.1, 0.15) is 9.67 Å². The second-order valence-corrected chi connectivity index (χ2v) is 3.71. The molecule has 2 N–H and O–H groups in total. The van der Waals surface area contributed by atoms with Gasteiger partial charge in [0.05, 0.1) is 0 Å². The third-order valence-corrected chi connectivity index (χ3v) is 2.81. The maximum atomic E-state index is 10.7. The minimum Gasteiger partial charge on any atom is -0.492 e. The number of thiazole rings is 1. The molecule has 0 aliphatic rings. The number of aromatic carboxylic acids is 1. The molecular formula is C9H6N2O3S. The quantitative estimate of drug-likeness (QED) is 0.806. The number of hydrogen-bond acceptors (Lipinski definition) is 5. The normalized spacial score (nSPS) is 10.1. The maximum absolute atomic E-state index is 10.7. The molecule has 0 radical (unpaired) electrons. The van der Waals surface area contributed by atoms with Gasteiger partial charge in [0.25, 0.3) is 0 Å². The van der Waals surface area contributed by atoms with Crippen molar-refractivity contribution in [3.8, 4) is 16.5 Å². The van der Waals surface area contributed by atoms with Gasteiger partial charge in [-0.25, -0.2) is 9.78 Å². The number of carboxylic acid groups (broad SMARTS) is 1. The molecule has 0 bridgehead atoms. The lowest BCUT2D eigenvalue weighted by Gasteiger charge is -1.91. The van der Waals surface area contributed by atoms with Gasteiger partial charge in [-0.15, -0.1) is 11.3 Å². The van der Waals surface area contributed by atoms with Crippen LogP contribution in [0.2, 0.25) is 0 Å². The summed E-state index contributed by atoms with van der Waals surface area (Å²) in [6.07, 6.45) is 3.16. The molecule has 0 aliphatic carbocycles. The van der Waals surface area contributed by atoms with Crippen LogP contribution in [0, 0.1) is 0 Å². The van der Waals surface area contributed by atoms with Crippen LogP contribution >= 0.6 is 11.3 Å². The SMILES string of the molecule is O=C(O)c1sc(-c2ccncc2)nc1O. The van der Waals surface area contributed by atoms with E-state index in [9.17, 15) is 9.90 Å². The summed E-state index contributed by atoms with van der Waals surface area (Å²) < 4.78 is 0. The summed E-state index contributed by atoms with van der Waals surface area (Å²) in [5, 5.41) is 18.5. The van der Waals surface area contributed by atoms with Crippen LogP contribution in [0.25, 0.3) is 10.6 Å². The topological polar surface area (TPSA) is 83.3 Å². The Morgan fingerprint density at radius 1 is 1.33 bits per heavy atom.